The van der Waals surface area contributed by atoms with E-state index < -0.39 is 13.9 Å². The maximum atomic E-state index is 6.65. The van der Waals surface area contributed by atoms with Crippen LogP contribution in [0.5, 0.6) is 0 Å². The highest BCUT2D eigenvalue weighted by Gasteiger charge is 2.34. The van der Waals surface area contributed by atoms with Crippen molar-refractivity contribution in [1.82, 2.24) is 0 Å². The second kappa shape index (κ2) is 7.58. The molecule has 0 N–H and O–H groups in total. The van der Waals surface area contributed by atoms with Gasteiger partial charge in [0.2, 0.25) is 0 Å². The molecule has 0 fully saturated rings. The Labute approximate surface area is 141 Å². The zero-order chi connectivity index (χ0) is 16.8. The molecular weight excluding hydrogens is 296 g/mol. The fourth-order valence-corrected chi connectivity index (χ4v) is 4.05. The molecule has 0 heterocycles. The third-order valence-electron chi connectivity index (χ3n) is 3.54. The lowest BCUT2D eigenvalue weighted by atomic mass is 9.89. The van der Waals surface area contributed by atoms with Crippen molar-refractivity contribution in [2.24, 2.45) is 0 Å². The normalized spacial score (nSPS) is 14.6. The van der Waals surface area contributed by atoms with Gasteiger partial charge in [0.15, 0.2) is 8.32 Å². The van der Waals surface area contributed by atoms with Crippen molar-refractivity contribution in [3.63, 3.8) is 0 Å². The molecule has 1 atom stereocenters. The van der Waals surface area contributed by atoms with E-state index >= 15 is 0 Å². The van der Waals surface area contributed by atoms with E-state index in [0.717, 1.165) is 6.42 Å². The van der Waals surface area contributed by atoms with E-state index in [1.807, 2.05) is 18.2 Å². The van der Waals surface area contributed by atoms with Gasteiger partial charge < -0.3 is 4.43 Å². The summed E-state index contributed by atoms with van der Waals surface area (Å²) in [5.41, 5.74) is 1.90. The van der Waals surface area contributed by atoms with Gasteiger partial charge in [-0.1, -0.05) is 72.8 Å². The van der Waals surface area contributed by atoms with Crippen LogP contribution >= 0.6 is 0 Å². The molecule has 0 aliphatic heterocycles. The van der Waals surface area contributed by atoms with Gasteiger partial charge in [-0.2, -0.15) is 0 Å². The summed E-state index contributed by atoms with van der Waals surface area (Å²) >= 11 is 0. The first kappa shape index (κ1) is 17.5. The van der Waals surface area contributed by atoms with Crippen LogP contribution in [0.15, 0.2) is 79.4 Å². The monoisotopic (exact) mass is 322 g/mol. The van der Waals surface area contributed by atoms with E-state index in [9.17, 15) is 0 Å². The summed E-state index contributed by atoms with van der Waals surface area (Å²) in [6.07, 6.45) is 7.04. The van der Waals surface area contributed by atoms with E-state index in [1.54, 1.807) is 0 Å². The van der Waals surface area contributed by atoms with Crippen LogP contribution in [-0.2, 0) is 10.0 Å². The first-order valence-electron chi connectivity index (χ1n) is 8.06. The van der Waals surface area contributed by atoms with Gasteiger partial charge in [0.25, 0.3) is 0 Å². The standard InChI is InChI=1S/C21H26OSi/c1-5-17-21(22-23(2,3)4,20-14-10-7-11-15-20)18-16-19-12-8-6-9-13-19/h5-16,18H,1,17H2,2-4H3/b18-16+. The topological polar surface area (TPSA) is 9.23 Å². The summed E-state index contributed by atoms with van der Waals surface area (Å²) in [4.78, 5) is 0. The molecule has 0 bridgehead atoms. The third kappa shape index (κ3) is 5.05. The Hall–Kier alpha value is -1.90. The van der Waals surface area contributed by atoms with Crippen molar-refractivity contribution in [3.8, 4) is 0 Å². The first-order chi connectivity index (χ1) is 11.0. The number of hydrogen-bond donors (Lipinski definition) is 0. The average molecular weight is 323 g/mol. The minimum atomic E-state index is -1.75. The molecule has 0 aliphatic carbocycles. The van der Waals surface area contributed by atoms with Gasteiger partial charge in [0.1, 0.15) is 5.60 Å². The molecule has 0 saturated heterocycles. The highest BCUT2D eigenvalue weighted by Crippen LogP contribution is 2.35. The zero-order valence-electron chi connectivity index (χ0n) is 14.3. The number of benzene rings is 2. The van der Waals surface area contributed by atoms with Crippen LogP contribution in [-0.4, -0.2) is 8.32 Å². The van der Waals surface area contributed by atoms with Crippen molar-refractivity contribution in [1.29, 1.82) is 0 Å². The average Bonchev–Trinajstić information content (AvgIpc) is 2.53. The highest BCUT2D eigenvalue weighted by atomic mass is 28.4. The molecule has 0 radical (unpaired) electrons. The van der Waals surface area contributed by atoms with E-state index in [2.05, 4.69) is 86.9 Å². The van der Waals surface area contributed by atoms with Gasteiger partial charge >= 0.3 is 0 Å². The van der Waals surface area contributed by atoms with Crippen LogP contribution in [0.4, 0.5) is 0 Å². The smallest absolute Gasteiger partial charge is 0.185 e. The molecular formula is C21H26OSi. The van der Waals surface area contributed by atoms with Gasteiger partial charge in [-0.05, 0) is 36.8 Å². The Morgan fingerprint density at radius 1 is 0.957 bits per heavy atom. The molecule has 1 nitrogen and oxygen atoms in total. The van der Waals surface area contributed by atoms with Crippen LogP contribution in [0.2, 0.25) is 19.6 Å². The minimum Gasteiger partial charge on any atom is -0.404 e. The zero-order valence-corrected chi connectivity index (χ0v) is 15.3. The number of hydrogen-bond acceptors (Lipinski definition) is 1. The van der Waals surface area contributed by atoms with Gasteiger partial charge in [-0.25, -0.2) is 0 Å². The van der Waals surface area contributed by atoms with Crippen molar-refractivity contribution in [2.45, 2.75) is 31.7 Å². The maximum Gasteiger partial charge on any atom is 0.185 e. The second-order valence-corrected chi connectivity index (χ2v) is 11.1. The fourth-order valence-electron chi connectivity index (χ4n) is 2.69. The molecule has 23 heavy (non-hydrogen) atoms. The summed E-state index contributed by atoms with van der Waals surface area (Å²) < 4.78 is 6.65. The van der Waals surface area contributed by atoms with Crippen molar-refractivity contribution in [3.05, 3.63) is 90.5 Å². The summed E-state index contributed by atoms with van der Waals surface area (Å²) in [5, 5.41) is 0. The molecule has 2 heteroatoms. The predicted molar refractivity (Wildman–Crippen MR) is 103 cm³/mol. The maximum absolute atomic E-state index is 6.65. The molecule has 1 unspecified atom stereocenters. The third-order valence-corrected chi connectivity index (χ3v) is 4.52. The van der Waals surface area contributed by atoms with Gasteiger partial charge in [-0.3, -0.25) is 0 Å². The SMILES string of the molecule is C=CCC(/C=C/c1ccccc1)(O[Si](C)(C)C)c1ccccc1. The lowest BCUT2D eigenvalue weighted by molar-refractivity contribution is 0.115. The van der Waals surface area contributed by atoms with Crippen molar-refractivity contribution >= 4 is 14.4 Å². The van der Waals surface area contributed by atoms with Crippen LogP contribution in [0.3, 0.4) is 0 Å². The van der Waals surface area contributed by atoms with Gasteiger partial charge in [-0.15, -0.1) is 6.58 Å². The van der Waals surface area contributed by atoms with E-state index in [-0.39, 0.29) is 0 Å². The molecule has 0 aromatic heterocycles. The second-order valence-electron chi connectivity index (χ2n) is 6.71. The largest absolute Gasteiger partial charge is 0.404 e. The Bertz CT molecular complexity index is 641. The van der Waals surface area contributed by atoms with E-state index in [0.29, 0.717) is 0 Å². The van der Waals surface area contributed by atoms with Crippen molar-refractivity contribution < 1.29 is 4.43 Å². The number of rotatable bonds is 7. The van der Waals surface area contributed by atoms with Crippen LogP contribution < -0.4 is 0 Å². The Kier molecular flexibility index (Phi) is 5.75. The highest BCUT2D eigenvalue weighted by molar-refractivity contribution is 6.69. The Morgan fingerprint density at radius 3 is 2.04 bits per heavy atom. The summed E-state index contributed by atoms with van der Waals surface area (Å²) in [6, 6.07) is 20.8. The van der Waals surface area contributed by atoms with E-state index in [4.69, 9.17) is 4.43 Å². The van der Waals surface area contributed by atoms with Crippen LogP contribution in [0.25, 0.3) is 6.08 Å². The Morgan fingerprint density at radius 2 is 1.52 bits per heavy atom. The lowest BCUT2D eigenvalue weighted by Crippen LogP contribution is -2.39. The quantitative estimate of drug-likeness (QED) is 0.447. The lowest BCUT2D eigenvalue weighted by Gasteiger charge is -2.37. The van der Waals surface area contributed by atoms with Crippen molar-refractivity contribution in [2.75, 3.05) is 0 Å². The minimum absolute atomic E-state index is 0.455. The first-order valence-corrected chi connectivity index (χ1v) is 11.5. The van der Waals surface area contributed by atoms with Gasteiger partial charge in [0, 0.05) is 6.42 Å². The van der Waals surface area contributed by atoms with Crippen LogP contribution in [0.1, 0.15) is 17.5 Å². The molecule has 0 spiro atoms. The summed E-state index contributed by atoms with van der Waals surface area (Å²) in [7, 11) is -1.75. The Balaban J connectivity index is 2.48. The molecule has 0 aliphatic rings. The molecule has 120 valence electrons. The molecule has 2 aromatic carbocycles. The van der Waals surface area contributed by atoms with Gasteiger partial charge in [0.05, 0.1) is 0 Å². The summed E-state index contributed by atoms with van der Waals surface area (Å²) in [6.45, 7) is 10.6. The summed E-state index contributed by atoms with van der Waals surface area (Å²) in [5.74, 6) is 0. The fraction of sp³-hybridized carbons (Fsp3) is 0.238. The molecule has 0 amide bonds. The molecule has 0 saturated carbocycles. The van der Waals surface area contributed by atoms with Crippen LogP contribution in [0, 0.1) is 0 Å². The predicted octanol–water partition coefficient (Wildman–Crippen LogP) is 6.02. The molecule has 2 rings (SSSR count). The molecule has 2 aromatic rings. The van der Waals surface area contributed by atoms with E-state index in [1.165, 1.54) is 11.1 Å².